The fraction of sp³-hybridized carbons (Fsp3) is 0.524. The molecule has 0 saturated carbocycles. The van der Waals surface area contributed by atoms with E-state index in [1.807, 2.05) is 11.8 Å². The maximum absolute atomic E-state index is 6.30. The molecule has 1 aromatic carbocycles. The summed E-state index contributed by atoms with van der Waals surface area (Å²) >= 11 is 2.02. The van der Waals surface area contributed by atoms with Gasteiger partial charge in [0, 0.05) is 56.6 Å². The highest BCUT2D eigenvalue weighted by atomic mass is 32.2. The summed E-state index contributed by atoms with van der Waals surface area (Å²) in [6, 6.07) is 8.58. The zero-order valence-corrected chi connectivity index (χ0v) is 17.0. The molecule has 5 nitrogen and oxygen atoms in total. The van der Waals surface area contributed by atoms with Crippen LogP contribution in [0.25, 0.3) is 0 Å². The van der Waals surface area contributed by atoms with Crippen LogP contribution in [0.1, 0.15) is 24.0 Å². The zero-order chi connectivity index (χ0) is 18.6. The van der Waals surface area contributed by atoms with Crippen LogP contribution in [0.2, 0.25) is 0 Å². The molecule has 2 saturated heterocycles. The molecular formula is C21H28N4OS. The van der Waals surface area contributed by atoms with E-state index in [4.69, 9.17) is 4.74 Å². The van der Waals surface area contributed by atoms with Crippen LogP contribution >= 0.6 is 11.8 Å². The maximum Gasteiger partial charge on any atom is 0.134 e. The fourth-order valence-electron chi connectivity index (χ4n) is 3.69. The standard InChI is InChI=1S/C21H28N4OS/c1-16-3-4-17(2)19(13-16)26-18-5-7-24(8-6-18)20-14-21(23-15-22-20)25-9-11-27-12-10-25/h3-4,13-15,18H,5-12H2,1-2H3. The predicted octanol–water partition coefficient (Wildman–Crippen LogP) is 3.69. The lowest BCUT2D eigenvalue weighted by Gasteiger charge is -2.34. The molecule has 144 valence electrons. The second-order valence-corrected chi connectivity index (χ2v) is 8.63. The van der Waals surface area contributed by atoms with E-state index in [0.29, 0.717) is 0 Å². The van der Waals surface area contributed by atoms with Crippen molar-refractivity contribution in [3.05, 3.63) is 41.7 Å². The summed E-state index contributed by atoms with van der Waals surface area (Å²) in [6.45, 7) is 8.33. The van der Waals surface area contributed by atoms with Crippen LogP contribution in [0.15, 0.2) is 30.6 Å². The van der Waals surface area contributed by atoms with E-state index in [1.54, 1.807) is 6.33 Å². The van der Waals surface area contributed by atoms with Crippen molar-refractivity contribution >= 4 is 23.4 Å². The SMILES string of the molecule is Cc1ccc(C)c(OC2CCN(c3cc(N4CCSCC4)ncn3)CC2)c1. The number of aryl methyl sites for hydroxylation is 2. The van der Waals surface area contributed by atoms with Gasteiger partial charge in [0.25, 0.3) is 0 Å². The number of aromatic nitrogens is 2. The third-order valence-corrected chi connectivity index (χ3v) is 6.32. The van der Waals surface area contributed by atoms with E-state index in [0.717, 1.165) is 56.4 Å². The van der Waals surface area contributed by atoms with Crippen molar-refractivity contribution in [1.29, 1.82) is 0 Å². The summed E-state index contributed by atoms with van der Waals surface area (Å²) in [5.74, 6) is 5.50. The fourth-order valence-corrected chi connectivity index (χ4v) is 4.60. The van der Waals surface area contributed by atoms with Crippen molar-refractivity contribution in [1.82, 2.24) is 9.97 Å². The van der Waals surface area contributed by atoms with Crippen LogP contribution in [0, 0.1) is 13.8 Å². The highest BCUT2D eigenvalue weighted by Crippen LogP contribution is 2.27. The molecule has 2 aromatic rings. The molecule has 2 aliphatic rings. The number of ether oxygens (including phenoxy) is 1. The first kappa shape index (κ1) is 18.4. The molecule has 27 heavy (non-hydrogen) atoms. The van der Waals surface area contributed by atoms with Gasteiger partial charge in [-0.05, 0) is 31.0 Å². The van der Waals surface area contributed by atoms with Gasteiger partial charge in [-0.3, -0.25) is 0 Å². The van der Waals surface area contributed by atoms with E-state index >= 15 is 0 Å². The van der Waals surface area contributed by atoms with E-state index in [-0.39, 0.29) is 6.10 Å². The Balaban J connectivity index is 1.37. The average molecular weight is 385 g/mol. The first-order valence-corrected chi connectivity index (χ1v) is 11.0. The third kappa shape index (κ3) is 4.49. The Morgan fingerprint density at radius 1 is 0.926 bits per heavy atom. The summed E-state index contributed by atoms with van der Waals surface area (Å²) in [5.41, 5.74) is 2.46. The monoisotopic (exact) mass is 384 g/mol. The van der Waals surface area contributed by atoms with Crippen molar-refractivity contribution in [3.63, 3.8) is 0 Å². The Morgan fingerprint density at radius 3 is 2.30 bits per heavy atom. The second-order valence-electron chi connectivity index (χ2n) is 7.41. The summed E-state index contributed by atoms with van der Waals surface area (Å²) < 4.78 is 6.30. The van der Waals surface area contributed by atoms with Crippen LogP contribution in [0.5, 0.6) is 5.75 Å². The molecule has 0 unspecified atom stereocenters. The molecule has 0 N–H and O–H groups in total. The van der Waals surface area contributed by atoms with E-state index in [9.17, 15) is 0 Å². The van der Waals surface area contributed by atoms with Crippen molar-refractivity contribution < 1.29 is 4.74 Å². The number of hydrogen-bond acceptors (Lipinski definition) is 6. The van der Waals surface area contributed by atoms with Gasteiger partial charge >= 0.3 is 0 Å². The Hall–Kier alpha value is -1.95. The summed E-state index contributed by atoms with van der Waals surface area (Å²) in [5, 5.41) is 0. The number of anilines is 2. The van der Waals surface area contributed by atoms with Crippen molar-refractivity contribution in [3.8, 4) is 5.75 Å². The molecule has 4 rings (SSSR count). The number of piperidine rings is 1. The molecule has 0 spiro atoms. The quantitative estimate of drug-likeness (QED) is 0.801. The topological polar surface area (TPSA) is 41.5 Å². The van der Waals surface area contributed by atoms with Crippen LogP contribution < -0.4 is 14.5 Å². The van der Waals surface area contributed by atoms with Crippen molar-refractivity contribution in [2.45, 2.75) is 32.8 Å². The lowest BCUT2D eigenvalue weighted by molar-refractivity contribution is 0.169. The smallest absolute Gasteiger partial charge is 0.134 e. The number of rotatable bonds is 4. The third-order valence-electron chi connectivity index (χ3n) is 5.38. The van der Waals surface area contributed by atoms with Gasteiger partial charge in [-0.2, -0.15) is 11.8 Å². The molecule has 3 heterocycles. The summed E-state index contributed by atoms with van der Waals surface area (Å²) in [7, 11) is 0. The number of nitrogens with zero attached hydrogens (tertiary/aromatic N) is 4. The Bertz CT molecular complexity index is 771. The van der Waals surface area contributed by atoms with Crippen molar-refractivity contribution in [2.24, 2.45) is 0 Å². The highest BCUT2D eigenvalue weighted by Gasteiger charge is 2.23. The highest BCUT2D eigenvalue weighted by molar-refractivity contribution is 7.99. The van der Waals surface area contributed by atoms with Gasteiger partial charge in [0.15, 0.2) is 0 Å². The van der Waals surface area contributed by atoms with Crippen LogP contribution in [0.4, 0.5) is 11.6 Å². The van der Waals surface area contributed by atoms with E-state index < -0.39 is 0 Å². The molecule has 1 aromatic heterocycles. The van der Waals surface area contributed by atoms with Gasteiger partial charge in [0.05, 0.1) is 0 Å². The predicted molar refractivity (Wildman–Crippen MR) is 113 cm³/mol. The molecule has 0 bridgehead atoms. The van der Waals surface area contributed by atoms with Gasteiger partial charge < -0.3 is 14.5 Å². The molecule has 0 amide bonds. The first-order valence-electron chi connectivity index (χ1n) is 9.82. The van der Waals surface area contributed by atoms with Crippen molar-refractivity contribution in [2.75, 3.05) is 47.5 Å². The first-order chi connectivity index (χ1) is 13.2. The molecule has 2 aliphatic heterocycles. The molecule has 0 atom stereocenters. The maximum atomic E-state index is 6.30. The number of benzene rings is 1. The molecule has 6 heteroatoms. The zero-order valence-electron chi connectivity index (χ0n) is 16.2. The van der Waals surface area contributed by atoms with Crippen LogP contribution in [-0.2, 0) is 0 Å². The Morgan fingerprint density at radius 2 is 1.59 bits per heavy atom. The van der Waals surface area contributed by atoms with Gasteiger partial charge in [-0.25, -0.2) is 9.97 Å². The Kier molecular flexibility index (Phi) is 5.72. The van der Waals surface area contributed by atoms with E-state index in [1.165, 1.54) is 22.6 Å². The lowest BCUT2D eigenvalue weighted by atomic mass is 10.1. The second kappa shape index (κ2) is 8.38. The minimum Gasteiger partial charge on any atom is -0.490 e. The number of hydrogen-bond donors (Lipinski definition) is 0. The summed E-state index contributed by atoms with van der Waals surface area (Å²) in [6.07, 6.45) is 4.04. The largest absolute Gasteiger partial charge is 0.490 e. The van der Waals surface area contributed by atoms with Crippen LogP contribution in [0.3, 0.4) is 0 Å². The summed E-state index contributed by atoms with van der Waals surface area (Å²) in [4.78, 5) is 13.8. The molecule has 0 aliphatic carbocycles. The average Bonchev–Trinajstić information content (AvgIpc) is 2.72. The van der Waals surface area contributed by atoms with Gasteiger partial charge in [0.2, 0.25) is 0 Å². The van der Waals surface area contributed by atoms with E-state index in [2.05, 4.69) is 57.9 Å². The van der Waals surface area contributed by atoms with Crippen LogP contribution in [-0.4, -0.2) is 53.8 Å². The normalized spacial score (nSPS) is 18.6. The van der Waals surface area contributed by atoms with Gasteiger partial charge in [-0.15, -0.1) is 0 Å². The van der Waals surface area contributed by atoms with Gasteiger partial charge in [-0.1, -0.05) is 12.1 Å². The lowest BCUT2D eigenvalue weighted by Crippen LogP contribution is -2.39. The minimum absolute atomic E-state index is 0.280. The number of thioether (sulfide) groups is 1. The Labute approximate surface area is 166 Å². The molecule has 2 fully saturated rings. The van der Waals surface area contributed by atoms with Gasteiger partial charge in [0.1, 0.15) is 29.8 Å². The minimum atomic E-state index is 0.280. The molecular weight excluding hydrogens is 356 g/mol. The molecule has 0 radical (unpaired) electrons.